The fraction of sp³-hybridized carbons (Fsp3) is 0.308. The lowest BCUT2D eigenvalue weighted by Gasteiger charge is -2.32. The van der Waals surface area contributed by atoms with E-state index in [1.165, 1.54) is 6.33 Å². The van der Waals surface area contributed by atoms with Gasteiger partial charge in [0.05, 0.1) is 18.7 Å². The monoisotopic (exact) mass is 258 g/mol. The number of amides is 1. The first-order valence-corrected chi connectivity index (χ1v) is 6.11. The van der Waals surface area contributed by atoms with Crippen molar-refractivity contribution in [3.05, 3.63) is 30.6 Å². The van der Waals surface area contributed by atoms with Gasteiger partial charge >= 0.3 is 0 Å². The summed E-state index contributed by atoms with van der Waals surface area (Å²) in [4.78, 5) is 21.8. The number of ether oxygens (including phenoxy) is 1. The van der Waals surface area contributed by atoms with Gasteiger partial charge in [0.15, 0.2) is 6.10 Å². The fourth-order valence-corrected chi connectivity index (χ4v) is 2.26. The molecular weight excluding hydrogens is 244 g/mol. The van der Waals surface area contributed by atoms with Gasteiger partial charge in [-0.2, -0.15) is 0 Å². The smallest absolute Gasteiger partial charge is 0.248 e. The van der Waals surface area contributed by atoms with Crippen molar-refractivity contribution in [2.45, 2.75) is 6.10 Å². The van der Waals surface area contributed by atoms with Crippen LogP contribution in [0, 0.1) is 0 Å². The fourth-order valence-electron chi connectivity index (χ4n) is 2.26. The molecule has 1 atom stereocenters. The third kappa shape index (κ3) is 2.22. The van der Waals surface area contributed by atoms with Crippen LogP contribution in [0.4, 0.5) is 5.82 Å². The van der Waals surface area contributed by atoms with E-state index < -0.39 is 12.0 Å². The molecule has 98 valence electrons. The molecule has 0 radical (unpaired) electrons. The van der Waals surface area contributed by atoms with Gasteiger partial charge in [-0.05, 0) is 12.1 Å². The highest BCUT2D eigenvalue weighted by atomic mass is 16.5. The Kier molecular flexibility index (Phi) is 3.00. The molecular formula is C13H14N4O2. The average molecular weight is 258 g/mol. The van der Waals surface area contributed by atoms with Crippen molar-refractivity contribution >= 4 is 22.6 Å². The van der Waals surface area contributed by atoms with Gasteiger partial charge < -0.3 is 15.4 Å². The molecule has 1 aliphatic rings. The summed E-state index contributed by atoms with van der Waals surface area (Å²) in [5.74, 6) is 0.378. The van der Waals surface area contributed by atoms with Gasteiger partial charge in [0, 0.05) is 11.9 Å². The van der Waals surface area contributed by atoms with E-state index in [0.717, 1.165) is 16.7 Å². The van der Waals surface area contributed by atoms with Crippen LogP contribution in [-0.4, -0.2) is 41.7 Å². The number of benzene rings is 1. The zero-order valence-corrected chi connectivity index (χ0v) is 10.3. The third-order valence-corrected chi connectivity index (χ3v) is 3.21. The highest BCUT2D eigenvalue weighted by Crippen LogP contribution is 2.24. The van der Waals surface area contributed by atoms with Crippen LogP contribution in [0.1, 0.15) is 0 Å². The summed E-state index contributed by atoms with van der Waals surface area (Å²) >= 11 is 0. The van der Waals surface area contributed by atoms with Gasteiger partial charge in [0.25, 0.3) is 0 Å². The minimum absolute atomic E-state index is 0.427. The quantitative estimate of drug-likeness (QED) is 0.839. The number of nitrogens with two attached hydrogens (primary N) is 1. The molecule has 2 N–H and O–H groups in total. The van der Waals surface area contributed by atoms with Gasteiger partial charge in [-0.25, -0.2) is 9.97 Å². The second-order valence-corrected chi connectivity index (χ2v) is 4.42. The van der Waals surface area contributed by atoms with E-state index in [0.29, 0.717) is 19.7 Å². The number of nitrogens with zero attached hydrogens (tertiary/aromatic N) is 3. The molecule has 3 rings (SSSR count). The van der Waals surface area contributed by atoms with Crippen molar-refractivity contribution in [1.82, 2.24) is 9.97 Å². The highest BCUT2D eigenvalue weighted by molar-refractivity contribution is 5.89. The molecule has 0 spiro atoms. The van der Waals surface area contributed by atoms with Gasteiger partial charge in [0.2, 0.25) is 5.91 Å². The molecule has 1 aromatic heterocycles. The normalized spacial score (nSPS) is 19.6. The van der Waals surface area contributed by atoms with E-state index in [1.54, 1.807) is 0 Å². The Morgan fingerprint density at radius 2 is 2.21 bits per heavy atom. The van der Waals surface area contributed by atoms with Crippen molar-refractivity contribution in [2.75, 3.05) is 24.6 Å². The van der Waals surface area contributed by atoms with Crippen LogP contribution in [0.5, 0.6) is 0 Å². The van der Waals surface area contributed by atoms with Crippen LogP contribution in [0.25, 0.3) is 10.9 Å². The van der Waals surface area contributed by atoms with Crippen molar-refractivity contribution in [3.8, 4) is 0 Å². The van der Waals surface area contributed by atoms with Crippen molar-refractivity contribution < 1.29 is 9.53 Å². The number of anilines is 1. The minimum atomic E-state index is -0.581. The number of para-hydroxylation sites is 1. The zero-order chi connectivity index (χ0) is 13.2. The van der Waals surface area contributed by atoms with Gasteiger partial charge in [0.1, 0.15) is 12.1 Å². The Labute approximate surface area is 110 Å². The number of rotatable bonds is 2. The number of hydrogen-bond acceptors (Lipinski definition) is 5. The summed E-state index contributed by atoms with van der Waals surface area (Å²) in [6.07, 6.45) is 0.953. The number of carbonyl (C=O) groups excluding carboxylic acids is 1. The minimum Gasteiger partial charge on any atom is -0.367 e. The Hall–Kier alpha value is -2.21. The Morgan fingerprint density at radius 3 is 3.05 bits per heavy atom. The number of hydrogen-bond donors (Lipinski definition) is 1. The molecule has 1 aromatic carbocycles. The van der Waals surface area contributed by atoms with Crippen LogP contribution < -0.4 is 10.6 Å². The molecule has 2 aromatic rings. The highest BCUT2D eigenvalue weighted by Gasteiger charge is 2.26. The van der Waals surface area contributed by atoms with E-state index in [2.05, 4.69) is 9.97 Å². The average Bonchev–Trinajstić information content (AvgIpc) is 2.47. The van der Waals surface area contributed by atoms with E-state index in [1.807, 2.05) is 29.2 Å². The molecule has 6 nitrogen and oxygen atoms in total. The molecule has 2 heterocycles. The second-order valence-electron chi connectivity index (χ2n) is 4.42. The summed E-state index contributed by atoms with van der Waals surface area (Å²) in [5.41, 5.74) is 6.18. The van der Waals surface area contributed by atoms with Crippen molar-refractivity contribution in [2.24, 2.45) is 5.73 Å². The number of primary amides is 1. The first-order chi connectivity index (χ1) is 9.25. The van der Waals surface area contributed by atoms with Crippen LogP contribution >= 0.6 is 0 Å². The van der Waals surface area contributed by atoms with Crippen LogP contribution in [0.2, 0.25) is 0 Å². The van der Waals surface area contributed by atoms with Gasteiger partial charge in [-0.1, -0.05) is 12.1 Å². The largest absolute Gasteiger partial charge is 0.367 e. The maximum atomic E-state index is 11.2. The maximum Gasteiger partial charge on any atom is 0.248 e. The predicted octanol–water partition coefficient (Wildman–Crippen LogP) is 0.320. The van der Waals surface area contributed by atoms with Crippen LogP contribution in [0.3, 0.4) is 0 Å². The van der Waals surface area contributed by atoms with E-state index in [4.69, 9.17) is 10.5 Å². The summed E-state index contributed by atoms with van der Waals surface area (Å²) in [6.45, 7) is 1.58. The molecule has 1 unspecified atom stereocenters. The molecule has 0 saturated carbocycles. The lowest BCUT2D eigenvalue weighted by Crippen LogP contribution is -2.48. The first-order valence-electron chi connectivity index (χ1n) is 6.11. The summed E-state index contributed by atoms with van der Waals surface area (Å²) in [7, 11) is 0. The second kappa shape index (κ2) is 4.81. The number of fused-ring (bicyclic) bond motifs is 1. The van der Waals surface area contributed by atoms with Gasteiger partial charge in [-0.3, -0.25) is 4.79 Å². The predicted molar refractivity (Wildman–Crippen MR) is 70.7 cm³/mol. The molecule has 19 heavy (non-hydrogen) atoms. The maximum absolute atomic E-state index is 11.2. The van der Waals surface area contributed by atoms with Crippen molar-refractivity contribution in [1.29, 1.82) is 0 Å². The number of aromatic nitrogens is 2. The first kappa shape index (κ1) is 11.9. The molecule has 1 aliphatic heterocycles. The Balaban J connectivity index is 1.97. The topological polar surface area (TPSA) is 81.3 Å². The van der Waals surface area contributed by atoms with Gasteiger partial charge in [-0.15, -0.1) is 0 Å². The number of carbonyl (C=O) groups is 1. The standard InChI is InChI=1S/C13H14N4O2/c14-12(18)11-7-17(5-6-19-11)13-9-3-1-2-4-10(9)15-8-16-13/h1-4,8,11H,5-7H2,(H2,14,18). The van der Waals surface area contributed by atoms with E-state index in [9.17, 15) is 4.79 Å². The number of morpholine rings is 1. The molecule has 0 aliphatic carbocycles. The summed E-state index contributed by atoms with van der Waals surface area (Å²) < 4.78 is 5.34. The lowest BCUT2D eigenvalue weighted by molar-refractivity contribution is -0.130. The van der Waals surface area contributed by atoms with E-state index in [-0.39, 0.29) is 0 Å². The molecule has 1 fully saturated rings. The zero-order valence-electron chi connectivity index (χ0n) is 10.3. The SMILES string of the molecule is NC(=O)C1CN(c2ncnc3ccccc23)CCO1. The summed E-state index contributed by atoms with van der Waals surface area (Å²) in [6, 6.07) is 7.79. The molecule has 1 amide bonds. The summed E-state index contributed by atoms with van der Waals surface area (Å²) in [5, 5.41) is 0.968. The molecule has 6 heteroatoms. The Morgan fingerprint density at radius 1 is 1.37 bits per heavy atom. The molecule has 1 saturated heterocycles. The van der Waals surface area contributed by atoms with Crippen LogP contribution in [0.15, 0.2) is 30.6 Å². The molecule has 0 bridgehead atoms. The van der Waals surface area contributed by atoms with E-state index >= 15 is 0 Å². The van der Waals surface area contributed by atoms with Crippen LogP contribution in [-0.2, 0) is 9.53 Å². The third-order valence-electron chi connectivity index (χ3n) is 3.21. The van der Waals surface area contributed by atoms with Crippen molar-refractivity contribution in [3.63, 3.8) is 0 Å². The lowest BCUT2D eigenvalue weighted by atomic mass is 10.2. The Bertz CT molecular complexity index is 611.